The Morgan fingerprint density at radius 2 is 1.85 bits per heavy atom. The predicted octanol–water partition coefficient (Wildman–Crippen LogP) is 2.80. The molecule has 0 saturated heterocycles. The van der Waals surface area contributed by atoms with Gasteiger partial charge in [-0.1, -0.05) is 18.2 Å². The van der Waals surface area contributed by atoms with Crippen molar-refractivity contribution in [3.8, 4) is 0 Å². The maximum absolute atomic E-state index is 6.32. The molecule has 2 aromatic rings. The van der Waals surface area contributed by atoms with Gasteiger partial charge in [-0.3, -0.25) is 0 Å². The minimum Gasteiger partial charge on any atom is -0.357 e. The number of nitrogens with two attached hydrogens (primary N) is 1. The van der Waals surface area contributed by atoms with Gasteiger partial charge in [-0.05, 0) is 50.7 Å². The zero-order valence-electron chi connectivity index (χ0n) is 12.1. The Kier molecular flexibility index (Phi) is 2.54. The van der Waals surface area contributed by atoms with Crippen LogP contribution in [0.3, 0.4) is 0 Å². The number of rotatable bonds is 0. The zero-order valence-corrected chi connectivity index (χ0v) is 12.1. The Morgan fingerprint density at radius 1 is 1.10 bits per heavy atom. The highest BCUT2D eigenvalue weighted by Crippen LogP contribution is 2.44. The predicted molar refractivity (Wildman–Crippen MR) is 82.7 cm³/mol. The lowest BCUT2D eigenvalue weighted by Crippen LogP contribution is -2.54. The van der Waals surface area contributed by atoms with Crippen LogP contribution in [0.1, 0.15) is 43.9 Å². The van der Waals surface area contributed by atoms with E-state index in [4.69, 9.17) is 5.73 Å². The van der Waals surface area contributed by atoms with Crippen LogP contribution < -0.4 is 11.1 Å². The van der Waals surface area contributed by atoms with E-state index in [0.717, 1.165) is 38.6 Å². The van der Waals surface area contributed by atoms with E-state index in [1.165, 1.54) is 22.2 Å². The largest absolute Gasteiger partial charge is 0.357 e. The summed E-state index contributed by atoms with van der Waals surface area (Å²) >= 11 is 0. The summed E-state index contributed by atoms with van der Waals surface area (Å²) in [5.74, 6) is 0. The highest BCUT2D eigenvalue weighted by atomic mass is 15.0. The Bertz CT molecular complexity index is 643. The number of hydrogen-bond donors (Lipinski definition) is 3. The highest BCUT2D eigenvalue weighted by molar-refractivity contribution is 5.85. The van der Waals surface area contributed by atoms with E-state index in [2.05, 4.69) is 41.5 Å². The first kappa shape index (κ1) is 12.4. The quantitative estimate of drug-likeness (QED) is 0.689. The van der Waals surface area contributed by atoms with Gasteiger partial charge in [-0.25, -0.2) is 0 Å². The molecule has 4 rings (SSSR count). The number of H-pyrrole nitrogens is 1. The summed E-state index contributed by atoms with van der Waals surface area (Å²) in [5.41, 5.74) is 10.7. The van der Waals surface area contributed by atoms with Crippen molar-refractivity contribution in [3.63, 3.8) is 0 Å². The number of aromatic amines is 1. The summed E-state index contributed by atoms with van der Waals surface area (Å²) in [6.07, 6.45) is 5.59. The van der Waals surface area contributed by atoms with Crippen molar-refractivity contribution in [2.24, 2.45) is 5.73 Å². The van der Waals surface area contributed by atoms with Crippen LogP contribution in [0.2, 0.25) is 0 Å². The van der Waals surface area contributed by atoms with Gasteiger partial charge in [-0.2, -0.15) is 0 Å². The van der Waals surface area contributed by atoms with Gasteiger partial charge in [0.15, 0.2) is 0 Å². The molecule has 4 N–H and O–H groups in total. The average Bonchev–Trinajstić information content (AvgIpc) is 2.83. The van der Waals surface area contributed by atoms with E-state index < -0.39 is 0 Å². The van der Waals surface area contributed by atoms with E-state index in [1.54, 1.807) is 0 Å². The molecule has 1 aromatic heterocycles. The molecule has 0 amide bonds. The first-order valence-electron chi connectivity index (χ1n) is 7.74. The number of fused-ring (bicyclic) bond motifs is 4. The molecular weight excluding hydrogens is 246 g/mol. The molecular formula is C17H23N3. The van der Waals surface area contributed by atoms with Crippen molar-refractivity contribution < 1.29 is 0 Å². The Hall–Kier alpha value is -1.32. The molecule has 2 aliphatic rings. The second kappa shape index (κ2) is 4.09. The monoisotopic (exact) mass is 269 g/mol. The van der Waals surface area contributed by atoms with Gasteiger partial charge in [0.1, 0.15) is 0 Å². The first-order valence-corrected chi connectivity index (χ1v) is 7.74. The van der Waals surface area contributed by atoms with E-state index in [-0.39, 0.29) is 11.1 Å². The first-order chi connectivity index (χ1) is 9.60. The molecule has 0 radical (unpaired) electrons. The fourth-order valence-corrected chi connectivity index (χ4v) is 4.06. The minimum atomic E-state index is 0.0105. The van der Waals surface area contributed by atoms with Crippen LogP contribution in [0.25, 0.3) is 10.9 Å². The van der Waals surface area contributed by atoms with Gasteiger partial charge in [0.25, 0.3) is 0 Å². The van der Waals surface area contributed by atoms with Crippen LogP contribution >= 0.6 is 0 Å². The van der Waals surface area contributed by atoms with Crippen LogP contribution in [0, 0.1) is 0 Å². The summed E-state index contributed by atoms with van der Waals surface area (Å²) in [4.78, 5) is 3.70. The second-order valence-corrected chi connectivity index (χ2v) is 6.94. The van der Waals surface area contributed by atoms with Gasteiger partial charge in [0.05, 0.1) is 5.54 Å². The molecule has 1 aliphatic heterocycles. The third kappa shape index (κ3) is 1.73. The average molecular weight is 269 g/mol. The molecule has 1 aromatic carbocycles. The lowest BCUT2D eigenvalue weighted by atomic mass is 9.70. The maximum atomic E-state index is 6.32. The van der Waals surface area contributed by atoms with Crippen molar-refractivity contribution in [1.82, 2.24) is 10.3 Å². The summed E-state index contributed by atoms with van der Waals surface area (Å²) < 4.78 is 0. The Labute approximate surface area is 119 Å². The van der Waals surface area contributed by atoms with E-state index >= 15 is 0 Å². The summed E-state index contributed by atoms with van der Waals surface area (Å²) in [5, 5.41) is 5.21. The van der Waals surface area contributed by atoms with E-state index in [0.29, 0.717) is 0 Å². The number of nitrogens with one attached hydrogen (secondary N) is 2. The van der Waals surface area contributed by atoms with E-state index in [1.807, 2.05) is 0 Å². The van der Waals surface area contributed by atoms with Crippen LogP contribution in [0.4, 0.5) is 0 Å². The fourth-order valence-electron chi connectivity index (χ4n) is 4.06. The SMILES string of the molecule is C[C@]1(N)CC[C@]2(CC1)NCCc1c3ccccc3[nH]c12. The molecule has 1 aliphatic carbocycles. The van der Waals surface area contributed by atoms with Gasteiger partial charge < -0.3 is 16.0 Å². The summed E-state index contributed by atoms with van der Waals surface area (Å²) in [6.45, 7) is 3.27. The van der Waals surface area contributed by atoms with Crippen molar-refractivity contribution >= 4 is 10.9 Å². The molecule has 3 heteroatoms. The molecule has 1 spiro atoms. The molecule has 3 nitrogen and oxygen atoms in total. The molecule has 1 saturated carbocycles. The van der Waals surface area contributed by atoms with Crippen molar-refractivity contribution in [2.45, 2.75) is 50.1 Å². The highest BCUT2D eigenvalue weighted by Gasteiger charge is 2.43. The molecule has 0 bridgehead atoms. The normalized spacial score (nSPS) is 33.5. The van der Waals surface area contributed by atoms with Crippen LogP contribution in [0.5, 0.6) is 0 Å². The van der Waals surface area contributed by atoms with Crippen molar-refractivity contribution in [3.05, 3.63) is 35.5 Å². The molecule has 0 atom stereocenters. The lowest BCUT2D eigenvalue weighted by Gasteiger charge is -2.46. The Balaban J connectivity index is 1.82. The fraction of sp³-hybridized carbons (Fsp3) is 0.529. The molecule has 0 unspecified atom stereocenters. The van der Waals surface area contributed by atoms with Gasteiger partial charge >= 0.3 is 0 Å². The van der Waals surface area contributed by atoms with Crippen LogP contribution in [-0.2, 0) is 12.0 Å². The van der Waals surface area contributed by atoms with Gasteiger partial charge in [0.2, 0.25) is 0 Å². The maximum Gasteiger partial charge on any atom is 0.0591 e. The second-order valence-electron chi connectivity index (χ2n) is 6.94. The van der Waals surface area contributed by atoms with Crippen molar-refractivity contribution in [2.75, 3.05) is 6.54 Å². The minimum absolute atomic E-state index is 0.0105. The number of hydrogen-bond acceptors (Lipinski definition) is 2. The topological polar surface area (TPSA) is 53.8 Å². The molecule has 1 fully saturated rings. The third-order valence-corrected chi connectivity index (χ3v) is 5.38. The Morgan fingerprint density at radius 3 is 2.65 bits per heavy atom. The number of para-hydroxylation sites is 1. The van der Waals surface area contributed by atoms with Gasteiger partial charge in [0, 0.05) is 28.7 Å². The molecule has 20 heavy (non-hydrogen) atoms. The summed E-state index contributed by atoms with van der Waals surface area (Å²) in [6, 6.07) is 8.70. The zero-order chi connectivity index (χ0) is 13.8. The standard InChI is InChI=1S/C17H23N3/c1-16(18)7-9-17(10-8-16)15-13(6-11-19-17)12-4-2-3-5-14(12)20-15/h2-5,19-20H,6-11,18H2,1H3/t16-,17+. The van der Waals surface area contributed by atoms with Gasteiger partial charge in [-0.15, -0.1) is 0 Å². The lowest BCUT2D eigenvalue weighted by molar-refractivity contribution is 0.164. The number of aromatic nitrogens is 1. The third-order valence-electron chi connectivity index (χ3n) is 5.38. The molecule has 106 valence electrons. The van der Waals surface area contributed by atoms with E-state index in [9.17, 15) is 0 Å². The van der Waals surface area contributed by atoms with Crippen molar-refractivity contribution in [1.29, 1.82) is 0 Å². The van der Waals surface area contributed by atoms with Crippen LogP contribution in [0.15, 0.2) is 24.3 Å². The molecule has 2 heterocycles. The number of benzene rings is 1. The summed E-state index contributed by atoms with van der Waals surface area (Å²) in [7, 11) is 0. The van der Waals surface area contributed by atoms with Crippen LogP contribution in [-0.4, -0.2) is 17.1 Å². The smallest absolute Gasteiger partial charge is 0.0591 e.